The smallest absolute Gasteiger partial charge is 0.340 e. The zero-order chi connectivity index (χ0) is 15.5. The van der Waals surface area contributed by atoms with Crippen LogP contribution in [0.1, 0.15) is 16.2 Å². The summed E-state index contributed by atoms with van der Waals surface area (Å²) < 4.78 is 11.5. The van der Waals surface area contributed by atoms with Crippen molar-refractivity contribution in [2.75, 3.05) is 0 Å². The van der Waals surface area contributed by atoms with E-state index in [1.54, 1.807) is 24.3 Å². The summed E-state index contributed by atoms with van der Waals surface area (Å²) in [4.78, 5) is 12.8. The van der Waals surface area contributed by atoms with E-state index < -0.39 is 5.97 Å². The standard InChI is InChI=1S/C14H8BrClN2O3S/c15-11-6-5-10(22-11)13-18-17-12(21-13)7-20-14(19)8-3-1-2-4-9(8)16/h1-6H,7H2. The first-order valence-corrected chi connectivity index (χ1v) is 8.12. The third kappa shape index (κ3) is 3.37. The molecular weight excluding hydrogens is 392 g/mol. The second kappa shape index (κ2) is 6.60. The summed E-state index contributed by atoms with van der Waals surface area (Å²) in [6.45, 7) is -0.108. The van der Waals surface area contributed by atoms with Crippen LogP contribution in [-0.4, -0.2) is 16.2 Å². The molecule has 0 atom stereocenters. The summed E-state index contributed by atoms with van der Waals surface area (Å²) in [5.74, 6) is 0.0728. The van der Waals surface area contributed by atoms with Gasteiger partial charge in [0, 0.05) is 0 Å². The molecular formula is C14H8BrClN2O3S. The maximum absolute atomic E-state index is 11.9. The maximum Gasteiger partial charge on any atom is 0.340 e. The second-order valence-corrected chi connectivity index (χ2v) is 7.03. The fraction of sp³-hybridized carbons (Fsp3) is 0.0714. The van der Waals surface area contributed by atoms with Gasteiger partial charge in [-0.05, 0) is 40.2 Å². The van der Waals surface area contributed by atoms with E-state index in [4.69, 9.17) is 20.8 Å². The number of carbonyl (C=O) groups excluding carboxylic acids is 1. The van der Waals surface area contributed by atoms with E-state index in [-0.39, 0.29) is 12.5 Å². The number of benzene rings is 1. The molecule has 0 radical (unpaired) electrons. The van der Waals surface area contributed by atoms with Gasteiger partial charge in [-0.2, -0.15) is 0 Å². The Morgan fingerprint density at radius 1 is 1.27 bits per heavy atom. The van der Waals surface area contributed by atoms with Crippen LogP contribution < -0.4 is 0 Å². The van der Waals surface area contributed by atoms with E-state index in [0.29, 0.717) is 16.5 Å². The predicted molar refractivity (Wildman–Crippen MR) is 85.9 cm³/mol. The first-order valence-electron chi connectivity index (χ1n) is 6.13. The number of ether oxygens (including phenoxy) is 1. The highest BCUT2D eigenvalue weighted by molar-refractivity contribution is 9.11. The molecule has 0 saturated heterocycles. The molecule has 0 bridgehead atoms. The summed E-state index contributed by atoms with van der Waals surface area (Å²) >= 11 is 10.8. The van der Waals surface area contributed by atoms with Crippen molar-refractivity contribution in [2.45, 2.75) is 6.61 Å². The minimum atomic E-state index is -0.538. The summed E-state index contributed by atoms with van der Waals surface area (Å²) in [7, 11) is 0. The van der Waals surface area contributed by atoms with Gasteiger partial charge in [-0.3, -0.25) is 0 Å². The Bertz CT molecular complexity index is 818. The molecule has 0 aliphatic heterocycles. The summed E-state index contributed by atoms with van der Waals surface area (Å²) in [5.41, 5.74) is 0.297. The molecule has 0 aliphatic rings. The van der Waals surface area contributed by atoms with Gasteiger partial charge in [0.05, 0.1) is 19.2 Å². The Morgan fingerprint density at radius 2 is 2.09 bits per heavy atom. The zero-order valence-corrected chi connectivity index (χ0v) is 14.1. The number of hydrogen-bond acceptors (Lipinski definition) is 6. The van der Waals surface area contributed by atoms with Crippen molar-refractivity contribution in [1.29, 1.82) is 0 Å². The first-order chi connectivity index (χ1) is 10.6. The highest BCUT2D eigenvalue weighted by atomic mass is 79.9. The molecule has 8 heteroatoms. The number of esters is 1. The highest BCUT2D eigenvalue weighted by Gasteiger charge is 2.15. The monoisotopic (exact) mass is 398 g/mol. The van der Waals surface area contributed by atoms with E-state index in [1.165, 1.54) is 11.3 Å². The molecule has 3 rings (SSSR count). The number of carbonyl (C=O) groups is 1. The molecule has 2 heterocycles. The summed E-state index contributed by atoms with van der Waals surface area (Å²) in [5, 5.41) is 8.11. The van der Waals surface area contributed by atoms with Gasteiger partial charge in [0.1, 0.15) is 0 Å². The molecule has 112 valence electrons. The van der Waals surface area contributed by atoms with Crippen molar-refractivity contribution in [3.63, 3.8) is 0 Å². The van der Waals surface area contributed by atoms with E-state index in [9.17, 15) is 4.79 Å². The van der Waals surface area contributed by atoms with Gasteiger partial charge in [0.15, 0.2) is 6.61 Å². The van der Waals surface area contributed by atoms with Crippen LogP contribution in [0.15, 0.2) is 44.6 Å². The van der Waals surface area contributed by atoms with Crippen molar-refractivity contribution in [2.24, 2.45) is 0 Å². The zero-order valence-electron chi connectivity index (χ0n) is 11.0. The van der Waals surface area contributed by atoms with E-state index in [0.717, 1.165) is 8.66 Å². The second-order valence-electron chi connectivity index (χ2n) is 4.16. The average Bonchev–Trinajstić information content (AvgIpc) is 3.14. The van der Waals surface area contributed by atoms with Crippen molar-refractivity contribution >= 4 is 44.8 Å². The molecule has 0 saturated carbocycles. The lowest BCUT2D eigenvalue weighted by Gasteiger charge is -2.03. The maximum atomic E-state index is 11.9. The van der Waals surface area contributed by atoms with E-state index >= 15 is 0 Å². The highest BCUT2D eigenvalue weighted by Crippen LogP contribution is 2.30. The molecule has 0 aliphatic carbocycles. The van der Waals surface area contributed by atoms with Gasteiger partial charge >= 0.3 is 5.97 Å². The summed E-state index contributed by atoms with van der Waals surface area (Å²) in [6, 6.07) is 10.4. The van der Waals surface area contributed by atoms with Crippen molar-refractivity contribution in [3.05, 3.63) is 56.7 Å². The Hall–Kier alpha value is -1.70. The van der Waals surface area contributed by atoms with Crippen LogP contribution in [-0.2, 0) is 11.3 Å². The van der Waals surface area contributed by atoms with Crippen molar-refractivity contribution < 1.29 is 13.9 Å². The van der Waals surface area contributed by atoms with Crippen molar-refractivity contribution in [3.8, 4) is 10.8 Å². The van der Waals surface area contributed by atoms with E-state index in [2.05, 4.69) is 26.1 Å². The molecule has 0 amide bonds. The Labute approximate surface area is 143 Å². The number of hydrogen-bond donors (Lipinski definition) is 0. The molecule has 2 aromatic heterocycles. The lowest BCUT2D eigenvalue weighted by atomic mass is 10.2. The third-order valence-electron chi connectivity index (χ3n) is 2.67. The van der Waals surface area contributed by atoms with Crippen LogP contribution in [0.3, 0.4) is 0 Å². The van der Waals surface area contributed by atoms with Gasteiger partial charge < -0.3 is 9.15 Å². The molecule has 3 aromatic rings. The van der Waals surface area contributed by atoms with Crippen LogP contribution in [0.25, 0.3) is 10.8 Å². The van der Waals surface area contributed by atoms with Crippen LogP contribution in [0.4, 0.5) is 0 Å². The predicted octanol–water partition coefficient (Wildman–Crippen LogP) is 4.57. The number of nitrogens with zero attached hydrogens (tertiary/aromatic N) is 2. The quantitative estimate of drug-likeness (QED) is 0.601. The first kappa shape index (κ1) is 15.2. The fourth-order valence-corrected chi connectivity index (χ4v) is 3.19. The molecule has 0 fully saturated rings. The average molecular weight is 400 g/mol. The number of rotatable bonds is 4. The molecule has 0 unspecified atom stereocenters. The van der Waals surface area contributed by atoms with Gasteiger partial charge in [-0.15, -0.1) is 21.5 Å². The normalized spacial score (nSPS) is 10.6. The minimum Gasteiger partial charge on any atom is -0.452 e. The van der Waals surface area contributed by atoms with Crippen LogP contribution in [0.5, 0.6) is 0 Å². The molecule has 5 nitrogen and oxygen atoms in total. The van der Waals surface area contributed by atoms with Gasteiger partial charge in [0.2, 0.25) is 0 Å². The SMILES string of the molecule is O=C(OCc1nnc(-c2ccc(Br)s2)o1)c1ccccc1Cl. The Morgan fingerprint density at radius 3 is 2.82 bits per heavy atom. The van der Waals surface area contributed by atoms with Crippen LogP contribution >= 0.6 is 38.9 Å². The minimum absolute atomic E-state index is 0.108. The van der Waals surface area contributed by atoms with E-state index in [1.807, 2.05) is 12.1 Å². The fourth-order valence-electron chi connectivity index (χ4n) is 1.67. The number of thiophene rings is 1. The lowest BCUT2D eigenvalue weighted by Crippen LogP contribution is -2.06. The third-order valence-corrected chi connectivity index (χ3v) is 4.61. The van der Waals surface area contributed by atoms with Gasteiger partial charge in [-0.1, -0.05) is 23.7 Å². The summed E-state index contributed by atoms with van der Waals surface area (Å²) in [6.07, 6.45) is 0. The Kier molecular flexibility index (Phi) is 4.56. The van der Waals surface area contributed by atoms with Gasteiger partial charge in [0.25, 0.3) is 11.8 Å². The topological polar surface area (TPSA) is 65.2 Å². The molecule has 22 heavy (non-hydrogen) atoms. The van der Waals surface area contributed by atoms with Crippen LogP contribution in [0.2, 0.25) is 5.02 Å². The number of aromatic nitrogens is 2. The molecule has 1 aromatic carbocycles. The molecule has 0 N–H and O–H groups in total. The van der Waals surface area contributed by atoms with Crippen LogP contribution in [0, 0.1) is 0 Å². The van der Waals surface area contributed by atoms with Gasteiger partial charge in [-0.25, -0.2) is 4.79 Å². The molecule has 0 spiro atoms. The van der Waals surface area contributed by atoms with Crippen molar-refractivity contribution in [1.82, 2.24) is 10.2 Å². The largest absolute Gasteiger partial charge is 0.452 e. The Balaban J connectivity index is 1.66. The lowest BCUT2D eigenvalue weighted by molar-refractivity contribution is 0.0439. The number of halogens is 2.